The van der Waals surface area contributed by atoms with Crippen LogP contribution in [0.25, 0.3) is 0 Å². The van der Waals surface area contributed by atoms with E-state index in [1.165, 1.54) is 5.56 Å². The number of hydrogen-bond acceptors (Lipinski definition) is 2. The Hall–Kier alpha value is -1.06. The van der Waals surface area contributed by atoms with Gasteiger partial charge in [0.15, 0.2) is 0 Å². The molecule has 0 saturated carbocycles. The van der Waals surface area contributed by atoms with Crippen molar-refractivity contribution in [2.45, 2.75) is 32.7 Å². The van der Waals surface area contributed by atoms with Gasteiger partial charge in [0.25, 0.3) is 5.91 Å². The third kappa shape index (κ3) is 3.95. The first-order valence-electron chi connectivity index (χ1n) is 6.83. The number of halogens is 1. The average molecular weight is 283 g/mol. The van der Waals surface area contributed by atoms with Crippen LogP contribution in [0.4, 0.5) is 0 Å². The number of aryl methyl sites for hydroxylation is 1. The molecular formula is C15H23ClN2O. The van der Waals surface area contributed by atoms with Crippen molar-refractivity contribution in [3.63, 3.8) is 0 Å². The molecule has 19 heavy (non-hydrogen) atoms. The second-order valence-electron chi connectivity index (χ2n) is 5.00. The molecule has 3 nitrogen and oxygen atoms in total. The van der Waals surface area contributed by atoms with Gasteiger partial charge in [0, 0.05) is 31.2 Å². The van der Waals surface area contributed by atoms with E-state index in [0.717, 1.165) is 38.0 Å². The summed E-state index contributed by atoms with van der Waals surface area (Å²) in [6.45, 7) is 6.84. The van der Waals surface area contributed by atoms with E-state index >= 15 is 0 Å². The molecule has 1 aromatic carbocycles. The molecule has 1 aliphatic rings. The van der Waals surface area contributed by atoms with Crippen LogP contribution in [0, 0.1) is 0 Å². The van der Waals surface area contributed by atoms with Gasteiger partial charge in [-0.25, -0.2) is 0 Å². The van der Waals surface area contributed by atoms with Crippen LogP contribution in [0.1, 0.15) is 36.2 Å². The van der Waals surface area contributed by atoms with Gasteiger partial charge in [0.05, 0.1) is 0 Å². The number of carbonyl (C=O) groups excluding carboxylic acids is 1. The summed E-state index contributed by atoms with van der Waals surface area (Å²) >= 11 is 0. The number of amides is 1. The van der Waals surface area contributed by atoms with Crippen molar-refractivity contribution < 1.29 is 4.79 Å². The van der Waals surface area contributed by atoms with Gasteiger partial charge in [-0.3, -0.25) is 4.79 Å². The molecule has 2 rings (SSSR count). The molecule has 1 saturated heterocycles. The third-order valence-electron chi connectivity index (χ3n) is 3.50. The van der Waals surface area contributed by atoms with Gasteiger partial charge >= 0.3 is 0 Å². The van der Waals surface area contributed by atoms with E-state index < -0.39 is 0 Å². The van der Waals surface area contributed by atoms with E-state index in [-0.39, 0.29) is 24.4 Å². The Balaban J connectivity index is 0.00000180. The van der Waals surface area contributed by atoms with E-state index in [1.807, 2.05) is 17.0 Å². The second kappa shape index (κ2) is 7.51. The molecule has 1 heterocycles. The first-order chi connectivity index (χ1) is 8.72. The molecule has 0 aliphatic carbocycles. The van der Waals surface area contributed by atoms with E-state index in [4.69, 9.17) is 0 Å². The first-order valence-corrected chi connectivity index (χ1v) is 6.83. The highest BCUT2D eigenvalue weighted by atomic mass is 35.5. The van der Waals surface area contributed by atoms with E-state index in [2.05, 4.69) is 31.3 Å². The fourth-order valence-electron chi connectivity index (χ4n) is 2.41. The van der Waals surface area contributed by atoms with Crippen LogP contribution in [-0.2, 0) is 6.42 Å². The smallest absolute Gasteiger partial charge is 0.254 e. The minimum absolute atomic E-state index is 0. The Morgan fingerprint density at radius 3 is 2.63 bits per heavy atom. The fourth-order valence-corrected chi connectivity index (χ4v) is 2.41. The number of nitrogens with one attached hydrogen (secondary N) is 1. The lowest BCUT2D eigenvalue weighted by molar-refractivity contribution is 0.0656. The first kappa shape index (κ1) is 16.0. The molecule has 1 aliphatic heterocycles. The van der Waals surface area contributed by atoms with Crippen molar-refractivity contribution in [1.29, 1.82) is 0 Å². The van der Waals surface area contributed by atoms with Crippen molar-refractivity contribution in [3.8, 4) is 0 Å². The van der Waals surface area contributed by atoms with E-state index in [0.29, 0.717) is 0 Å². The number of hydrogen-bond donors (Lipinski definition) is 1. The number of piperazine rings is 1. The van der Waals surface area contributed by atoms with Gasteiger partial charge in [0.1, 0.15) is 0 Å². The lowest BCUT2D eigenvalue weighted by Crippen LogP contribution is -2.52. The number of nitrogens with zero attached hydrogens (tertiary/aromatic N) is 1. The number of benzene rings is 1. The topological polar surface area (TPSA) is 32.3 Å². The zero-order chi connectivity index (χ0) is 13.0. The molecule has 0 bridgehead atoms. The van der Waals surface area contributed by atoms with Crippen molar-refractivity contribution in [2.75, 3.05) is 19.6 Å². The van der Waals surface area contributed by atoms with Crippen LogP contribution in [-0.4, -0.2) is 36.5 Å². The molecule has 1 N–H and O–H groups in total. The molecule has 1 atom stereocenters. The summed E-state index contributed by atoms with van der Waals surface area (Å²) in [7, 11) is 0. The van der Waals surface area contributed by atoms with Crippen LogP contribution in [0.2, 0.25) is 0 Å². The zero-order valence-corrected chi connectivity index (χ0v) is 12.5. The van der Waals surface area contributed by atoms with Crippen molar-refractivity contribution in [2.24, 2.45) is 0 Å². The van der Waals surface area contributed by atoms with Crippen LogP contribution in [0.5, 0.6) is 0 Å². The van der Waals surface area contributed by atoms with Crippen molar-refractivity contribution >= 4 is 18.3 Å². The summed E-state index contributed by atoms with van der Waals surface area (Å²) in [4.78, 5) is 14.3. The minimum Gasteiger partial charge on any atom is -0.333 e. The molecule has 0 spiro atoms. The molecule has 1 amide bonds. The molecule has 0 aromatic heterocycles. The fraction of sp³-hybridized carbons (Fsp3) is 0.533. The molecule has 0 radical (unpaired) electrons. The SMILES string of the molecule is CCCc1ccc(C(=O)N2CCNC[C@@H]2C)cc1.Cl. The highest BCUT2D eigenvalue weighted by molar-refractivity contribution is 5.94. The predicted molar refractivity (Wildman–Crippen MR) is 81.1 cm³/mol. The van der Waals surface area contributed by atoms with Crippen molar-refractivity contribution in [1.82, 2.24) is 10.2 Å². The summed E-state index contributed by atoms with van der Waals surface area (Å²) in [6.07, 6.45) is 2.22. The normalized spacial score (nSPS) is 18.8. The van der Waals surface area contributed by atoms with Crippen LogP contribution in [0.3, 0.4) is 0 Å². The lowest BCUT2D eigenvalue weighted by Gasteiger charge is -2.34. The standard InChI is InChI=1S/C15H22N2O.ClH/c1-3-4-13-5-7-14(8-6-13)15(18)17-10-9-16-11-12(17)2;/h5-8,12,16H,3-4,9-11H2,1-2H3;1H/t12-;/m0./s1. The summed E-state index contributed by atoms with van der Waals surface area (Å²) in [5.41, 5.74) is 2.12. The summed E-state index contributed by atoms with van der Waals surface area (Å²) in [6, 6.07) is 8.35. The van der Waals surface area contributed by atoms with Gasteiger partial charge in [-0.15, -0.1) is 12.4 Å². The maximum absolute atomic E-state index is 12.4. The summed E-state index contributed by atoms with van der Waals surface area (Å²) in [5.74, 6) is 0.159. The van der Waals surface area contributed by atoms with Crippen LogP contribution < -0.4 is 5.32 Å². The van der Waals surface area contributed by atoms with Gasteiger partial charge in [0.2, 0.25) is 0 Å². The Morgan fingerprint density at radius 1 is 1.37 bits per heavy atom. The zero-order valence-electron chi connectivity index (χ0n) is 11.7. The molecular weight excluding hydrogens is 260 g/mol. The minimum atomic E-state index is 0. The number of carbonyl (C=O) groups is 1. The molecule has 1 fully saturated rings. The molecule has 106 valence electrons. The van der Waals surface area contributed by atoms with Crippen LogP contribution in [0.15, 0.2) is 24.3 Å². The molecule has 4 heteroatoms. The third-order valence-corrected chi connectivity index (χ3v) is 3.50. The molecule has 1 aromatic rings. The van der Waals surface area contributed by atoms with Gasteiger partial charge in [-0.1, -0.05) is 25.5 Å². The molecule has 0 unspecified atom stereocenters. The summed E-state index contributed by atoms with van der Waals surface area (Å²) in [5, 5.41) is 3.30. The quantitative estimate of drug-likeness (QED) is 0.924. The maximum Gasteiger partial charge on any atom is 0.254 e. The summed E-state index contributed by atoms with van der Waals surface area (Å²) < 4.78 is 0. The van der Waals surface area contributed by atoms with Crippen LogP contribution >= 0.6 is 12.4 Å². The van der Waals surface area contributed by atoms with Crippen molar-refractivity contribution in [3.05, 3.63) is 35.4 Å². The largest absolute Gasteiger partial charge is 0.333 e. The lowest BCUT2D eigenvalue weighted by atomic mass is 10.1. The van der Waals surface area contributed by atoms with E-state index in [9.17, 15) is 4.79 Å². The van der Waals surface area contributed by atoms with Gasteiger partial charge < -0.3 is 10.2 Å². The Labute approximate surface area is 121 Å². The highest BCUT2D eigenvalue weighted by Crippen LogP contribution is 2.12. The maximum atomic E-state index is 12.4. The van der Waals surface area contributed by atoms with Gasteiger partial charge in [-0.2, -0.15) is 0 Å². The Bertz CT molecular complexity index is 405. The second-order valence-corrected chi connectivity index (χ2v) is 5.00. The van der Waals surface area contributed by atoms with Gasteiger partial charge in [-0.05, 0) is 31.0 Å². The van der Waals surface area contributed by atoms with E-state index in [1.54, 1.807) is 0 Å². The predicted octanol–water partition coefficient (Wildman–Crippen LogP) is 2.49. The number of rotatable bonds is 3. The highest BCUT2D eigenvalue weighted by Gasteiger charge is 2.23. The average Bonchev–Trinajstić information content (AvgIpc) is 2.40. The monoisotopic (exact) mass is 282 g/mol. The Morgan fingerprint density at radius 2 is 2.05 bits per heavy atom. The Kier molecular flexibility index (Phi) is 6.32.